The molecule has 25 heavy (non-hydrogen) atoms. The van der Waals surface area contributed by atoms with Gasteiger partial charge in [0.1, 0.15) is 0 Å². The summed E-state index contributed by atoms with van der Waals surface area (Å²) in [7, 11) is 1.19. The van der Waals surface area contributed by atoms with Gasteiger partial charge in [0.2, 0.25) is 0 Å². The van der Waals surface area contributed by atoms with Crippen LogP contribution in [0.15, 0.2) is 42.5 Å². The van der Waals surface area contributed by atoms with Crippen LogP contribution in [-0.4, -0.2) is 37.6 Å². The van der Waals surface area contributed by atoms with E-state index >= 15 is 0 Å². The van der Waals surface area contributed by atoms with Crippen molar-refractivity contribution in [3.05, 3.63) is 48.0 Å². The van der Waals surface area contributed by atoms with E-state index < -0.39 is 23.9 Å². The summed E-state index contributed by atoms with van der Waals surface area (Å²) >= 11 is 0. The van der Waals surface area contributed by atoms with Crippen molar-refractivity contribution in [2.45, 2.75) is 25.7 Å². The molecule has 0 aromatic heterocycles. The fraction of sp³-hybridized carbons (Fsp3) is 0.333. The molecule has 0 aliphatic rings. The van der Waals surface area contributed by atoms with Gasteiger partial charge in [0.05, 0.1) is 20.1 Å². The Bertz CT molecular complexity index is 620. The molecule has 0 spiro atoms. The summed E-state index contributed by atoms with van der Waals surface area (Å²) in [5.41, 5.74) is 0.985. The van der Waals surface area contributed by atoms with Crippen LogP contribution in [0.5, 0.6) is 0 Å². The van der Waals surface area contributed by atoms with E-state index in [1.54, 1.807) is 0 Å². The van der Waals surface area contributed by atoms with Gasteiger partial charge in [-0.15, -0.1) is 0 Å². The average molecular weight is 348 g/mol. The van der Waals surface area contributed by atoms with Gasteiger partial charge in [-0.2, -0.15) is 0 Å². The summed E-state index contributed by atoms with van der Waals surface area (Å²) in [5, 5.41) is 0. The summed E-state index contributed by atoms with van der Waals surface area (Å²) in [6.07, 6.45) is 2.63. The van der Waals surface area contributed by atoms with Crippen LogP contribution >= 0.6 is 0 Å². The Hall–Kier alpha value is -2.96. The van der Waals surface area contributed by atoms with Crippen molar-refractivity contribution in [3.63, 3.8) is 0 Å². The smallest absolute Gasteiger partial charge is 0.331 e. The van der Waals surface area contributed by atoms with Gasteiger partial charge in [-0.05, 0) is 18.4 Å². The summed E-state index contributed by atoms with van der Waals surface area (Å²) in [6, 6.07) is 9.39. The highest BCUT2D eigenvalue weighted by atomic mass is 16.6. The van der Waals surface area contributed by atoms with E-state index in [1.165, 1.54) is 7.11 Å². The van der Waals surface area contributed by atoms with Gasteiger partial charge in [-0.3, -0.25) is 9.59 Å². The van der Waals surface area contributed by atoms with Crippen molar-refractivity contribution in [1.29, 1.82) is 0 Å². The minimum Gasteiger partial charge on any atom is -0.466 e. The van der Waals surface area contributed by atoms with Crippen LogP contribution in [0, 0.1) is 0 Å². The van der Waals surface area contributed by atoms with Crippen LogP contribution < -0.4 is 0 Å². The SMILES string of the molecule is COC(=O)/C=C\C(=O)OCCCC(=O)OC(=O)CCc1ccccc1. The zero-order valence-corrected chi connectivity index (χ0v) is 13.9. The van der Waals surface area contributed by atoms with Crippen LogP contribution in [0.1, 0.15) is 24.8 Å². The van der Waals surface area contributed by atoms with Crippen molar-refractivity contribution >= 4 is 23.9 Å². The zero-order valence-electron chi connectivity index (χ0n) is 13.9. The highest BCUT2D eigenvalue weighted by molar-refractivity contribution is 5.91. The number of methoxy groups -OCH3 is 1. The van der Waals surface area contributed by atoms with Crippen LogP contribution in [0.3, 0.4) is 0 Å². The minimum absolute atomic E-state index is 0.0301. The number of rotatable bonds is 9. The minimum atomic E-state index is -0.724. The molecule has 134 valence electrons. The Kier molecular flexibility index (Phi) is 9.28. The molecule has 0 bridgehead atoms. The Morgan fingerprint density at radius 3 is 2.24 bits per heavy atom. The molecule has 0 amide bonds. The monoisotopic (exact) mass is 348 g/mol. The molecule has 0 atom stereocenters. The first-order valence-electron chi connectivity index (χ1n) is 7.71. The molecule has 7 nitrogen and oxygen atoms in total. The molecule has 0 aliphatic carbocycles. The second kappa shape index (κ2) is 11.6. The summed E-state index contributed by atoms with van der Waals surface area (Å²) in [4.78, 5) is 45.1. The molecule has 7 heteroatoms. The average Bonchev–Trinajstić information content (AvgIpc) is 2.62. The lowest BCUT2D eigenvalue weighted by molar-refractivity contribution is -0.160. The van der Waals surface area contributed by atoms with E-state index in [-0.39, 0.29) is 25.9 Å². The predicted molar refractivity (Wildman–Crippen MR) is 87.2 cm³/mol. The highest BCUT2D eigenvalue weighted by Crippen LogP contribution is 2.04. The van der Waals surface area contributed by atoms with Crippen LogP contribution in [0.25, 0.3) is 0 Å². The zero-order chi connectivity index (χ0) is 18.5. The number of hydrogen-bond donors (Lipinski definition) is 0. The maximum absolute atomic E-state index is 11.6. The number of aryl methyl sites for hydroxylation is 1. The molecular formula is C18H20O7. The molecule has 0 heterocycles. The number of hydrogen-bond acceptors (Lipinski definition) is 7. The maximum Gasteiger partial charge on any atom is 0.331 e. The first kappa shape index (κ1) is 20.1. The number of esters is 4. The number of ether oxygens (including phenoxy) is 3. The molecule has 0 N–H and O–H groups in total. The summed E-state index contributed by atoms with van der Waals surface area (Å²) in [6.45, 7) is -0.0301. The normalized spacial score (nSPS) is 10.3. The third-order valence-corrected chi connectivity index (χ3v) is 3.01. The Balaban J connectivity index is 2.13. The Morgan fingerprint density at radius 2 is 1.56 bits per heavy atom. The van der Waals surface area contributed by atoms with Gasteiger partial charge in [-0.1, -0.05) is 30.3 Å². The number of benzene rings is 1. The van der Waals surface area contributed by atoms with Crippen molar-refractivity contribution < 1.29 is 33.4 Å². The van der Waals surface area contributed by atoms with Crippen molar-refractivity contribution in [2.24, 2.45) is 0 Å². The second-order valence-electron chi connectivity index (χ2n) is 4.96. The molecule has 0 saturated carbocycles. The van der Waals surface area contributed by atoms with E-state index in [1.807, 2.05) is 30.3 Å². The van der Waals surface area contributed by atoms with Crippen LogP contribution in [0.4, 0.5) is 0 Å². The van der Waals surface area contributed by atoms with Gasteiger partial charge in [0, 0.05) is 18.6 Å². The van der Waals surface area contributed by atoms with Gasteiger partial charge in [0.15, 0.2) is 0 Å². The van der Waals surface area contributed by atoms with Gasteiger partial charge in [0.25, 0.3) is 0 Å². The standard InChI is InChI=1S/C18H20O7/c1-23-15(19)11-12-16(20)24-13-5-8-17(21)25-18(22)10-9-14-6-3-2-4-7-14/h2-4,6-7,11-12H,5,8-10,13H2,1H3/b12-11-. The second-order valence-corrected chi connectivity index (χ2v) is 4.96. The first-order chi connectivity index (χ1) is 12.0. The molecule has 0 aliphatic heterocycles. The third-order valence-electron chi connectivity index (χ3n) is 3.01. The molecule has 0 unspecified atom stereocenters. The molecule has 1 aromatic rings. The Labute approximate surface area is 145 Å². The van der Waals surface area contributed by atoms with E-state index in [4.69, 9.17) is 4.74 Å². The van der Waals surface area contributed by atoms with Crippen molar-refractivity contribution in [2.75, 3.05) is 13.7 Å². The fourth-order valence-electron chi connectivity index (χ4n) is 1.76. The van der Waals surface area contributed by atoms with Gasteiger partial charge >= 0.3 is 23.9 Å². The van der Waals surface area contributed by atoms with E-state index in [0.29, 0.717) is 6.42 Å². The maximum atomic E-state index is 11.6. The lowest BCUT2D eigenvalue weighted by atomic mass is 10.1. The van der Waals surface area contributed by atoms with E-state index in [2.05, 4.69) is 9.47 Å². The molecule has 1 rings (SSSR count). The predicted octanol–water partition coefficient (Wildman–Crippen LogP) is 1.74. The summed E-state index contributed by atoms with van der Waals surface area (Å²) < 4.78 is 13.8. The van der Waals surface area contributed by atoms with E-state index in [9.17, 15) is 19.2 Å². The topological polar surface area (TPSA) is 96.0 Å². The molecular weight excluding hydrogens is 328 g/mol. The molecule has 0 fully saturated rings. The Morgan fingerprint density at radius 1 is 0.920 bits per heavy atom. The summed E-state index contributed by atoms with van der Waals surface area (Å²) in [5.74, 6) is -2.65. The fourth-order valence-corrected chi connectivity index (χ4v) is 1.76. The van der Waals surface area contributed by atoms with Gasteiger partial charge < -0.3 is 14.2 Å². The van der Waals surface area contributed by atoms with Gasteiger partial charge in [-0.25, -0.2) is 9.59 Å². The lowest BCUT2D eigenvalue weighted by Gasteiger charge is -2.04. The van der Waals surface area contributed by atoms with Crippen LogP contribution in [0.2, 0.25) is 0 Å². The third kappa shape index (κ3) is 9.70. The van der Waals surface area contributed by atoms with E-state index in [0.717, 1.165) is 17.7 Å². The quantitative estimate of drug-likeness (QED) is 0.220. The molecule has 0 radical (unpaired) electrons. The molecule has 1 aromatic carbocycles. The molecule has 0 saturated heterocycles. The number of carbonyl (C=O) groups excluding carboxylic acids is 4. The largest absolute Gasteiger partial charge is 0.466 e. The van der Waals surface area contributed by atoms with Crippen molar-refractivity contribution in [1.82, 2.24) is 0 Å². The highest BCUT2D eigenvalue weighted by Gasteiger charge is 2.11. The first-order valence-corrected chi connectivity index (χ1v) is 7.71. The lowest BCUT2D eigenvalue weighted by Crippen LogP contribution is -2.14. The van der Waals surface area contributed by atoms with Crippen molar-refractivity contribution in [3.8, 4) is 0 Å². The van der Waals surface area contributed by atoms with Crippen LogP contribution in [-0.2, 0) is 39.8 Å². The number of carbonyl (C=O) groups is 4.